The van der Waals surface area contributed by atoms with Crippen LogP contribution in [0.4, 0.5) is 0 Å². The fraction of sp³-hybridized carbons (Fsp3) is 0.421. The lowest BCUT2D eigenvalue weighted by atomic mass is 10.0. The van der Waals surface area contributed by atoms with Crippen molar-refractivity contribution in [2.75, 3.05) is 7.11 Å². The van der Waals surface area contributed by atoms with Crippen molar-refractivity contribution in [1.29, 1.82) is 0 Å². The number of esters is 1. The van der Waals surface area contributed by atoms with E-state index in [9.17, 15) is 9.59 Å². The minimum Gasteiger partial charge on any atom is -0.467 e. The van der Waals surface area contributed by atoms with E-state index in [0.717, 1.165) is 10.6 Å². The SMILES string of the molecule is COC(=O)C(CC(C)C)NC(=O)Cc1csc(-c2ccc(C)cc2)n1. The van der Waals surface area contributed by atoms with Crippen LogP contribution in [0, 0.1) is 12.8 Å². The molecule has 0 saturated carbocycles. The quantitative estimate of drug-likeness (QED) is 0.769. The van der Waals surface area contributed by atoms with Gasteiger partial charge >= 0.3 is 5.97 Å². The summed E-state index contributed by atoms with van der Waals surface area (Å²) in [4.78, 5) is 28.6. The number of aromatic nitrogens is 1. The number of amides is 1. The Hall–Kier alpha value is -2.21. The Kier molecular flexibility index (Phi) is 6.70. The molecule has 0 saturated heterocycles. The standard InChI is InChI=1S/C19H24N2O3S/c1-12(2)9-16(19(23)24-4)21-17(22)10-15-11-25-18(20-15)14-7-5-13(3)6-8-14/h5-8,11-12,16H,9-10H2,1-4H3,(H,21,22). The maximum absolute atomic E-state index is 12.3. The molecule has 1 N–H and O–H groups in total. The number of rotatable bonds is 7. The molecule has 0 aliphatic carbocycles. The average Bonchev–Trinajstić information content (AvgIpc) is 3.02. The van der Waals surface area contributed by atoms with Crippen LogP contribution in [0.5, 0.6) is 0 Å². The molecule has 1 amide bonds. The lowest BCUT2D eigenvalue weighted by Gasteiger charge is -2.18. The Labute approximate surface area is 152 Å². The number of thiazole rings is 1. The Morgan fingerprint density at radius 3 is 2.52 bits per heavy atom. The summed E-state index contributed by atoms with van der Waals surface area (Å²) < 4.78 is 4.77. The molecule has 1 heterocycles. The number of nitrogens with one attached hydrogen (secondary N) is 1. The molecular formula is C19H24N2O3S. The van der Waals surface area contributed by atoms with E-state index in [-0.39, 0.29) is 18.2 Å². The molecule has 1 atom stereocenters. The first kappa shape index (κ1) is 19.1. The van der Waals surface area contributed by atoms with E-state index in [2.05, 4.69) is 10.3 Å². The first-order chi connectivity index (χ1) is 11.9. The van der Waals surface area contributed by atoms with Gasteiger partial charge < -0.3 is 10.1 Å². The number of aryl methyl sites for hydroxylation is 1. The van der Waals surface area contributed by atoms with Crippen LogP contribution < -0.4 is 5.32 Å². The fourth-order valence-electron chi connectivity index (χ4n) is 2.45. The predicted octanol–water partition coefficient (Wildman–Crippen LogP) is 3.36. The zero-order chi connectivity index (χ0) is 18.4. The summed E-state index contributed by atoms with van der Waals surface area (Å²) in [5.41, 5.74) is 2.93. The second-order valence-electron chi connectivity index (χ2n) is 6.46. The minimum atomic E-state index is -0.618. The van der Waals surface area contributed by atoms with Crippen LogP contribution in [0.15, 0.2) is 29.6 Å². The van der Waals surface area contributed by atoms with Crippen molar-refractivity contribution in [2.45, 2.75) is 39.7 Å². The molecule has 2 aromatic rings. The lowest BCUT2D eigenvalue weighted by Crippen LogP contribution is -2.43. The van der Waals surface area contributed by atoms with Gasteiger partial charge in [0, 0.05) is 10.9 Å². The topological polar surface area (TPSA) is 68.3 Å². The van der Waals surface area contributed by atoms with E-state index in [0.29, 0.717) is 12.1 Å². The van der Waals surface area contributed by atoms with Gasteiger partial charge in [-0.2, -0.15) is 0 Å². The molecule has 25 heavy (non-hydrogen) atoms. The molecule has 0 spiro atoms. The van der Waals surface area contributed by atoms with Crippen molar-refractivity contribution in [2.24, 2.45) is 5.92 Å². The highest BCUT2D eigenvalue weighted by Gasteiger charge is 2.23. The van der Waals surface area contributed by atoms with Gasteiger partial charge in [-0.3, -0.25) is 4.79 Å². The molecule has 0 aliphatic rings. The second kappa shape index (κ2) is 8.76. The number of benzene rings is 1. The van der Waals surface area contributed by atoms with Crippen molar-refractivity contribution in [1.82, 2.24) is 10.3 Å². The summed E-state index contributed by atoms with van der Waals surface area (Å²) in [5, 5.41) is 5.52. The van der Waals surface area contributed by atoms with E-state index >= 15 is 0 Å². The molecule has 0 bridgehead atoms. The van der Waals surface area contributed by atoms with Crippen LogP contribution in [0.25, 0.3) is 10.6 Å². The van der Waals surface area contributed by atoms with E-state index in [1.807, 2.05) is 50.4 Å². The summed E-state index contributed by atoms with van der Waals surface area (Å²) in [6.45, 7) is 6.03. The zero-order valence-corrected chi connectivity index (χ0v) is 15.9. The number of ether oxygens (including phenoxy) is 1. The van der Waals surface area contributed by atoms with Gasteiger partial charge in [0.05, 0.1) is 19.2 Å². The summed E-state index contributed by atoms with van der Waals surface area (Å²) in [6, 6.07) is 7.50. The van der Waals surface area contributed by atoms with Crippen molar-refractivity contribution in [3.05, 3.63) is 40.9 Å². The highest BCUT2D eigenvalue weighted by atomic mass is 32.1. The third-order valence-corrected chi connectivity index (χ3v) is 4.66. The van der Waals surface area contributed by atoms with Gasteiger partial charge in [-0.15, -0.1) is 11.3 Å². The van der Waals surface area contributed by atoms with E-state index in [4.69, 9.17) is 4.74 Å². The molecule has 0 aliphatic heterocycles. The Morgan fingerprint density at radius 1 is 1.24 bits per heavy atom. The molecular weight excluding hydrogens is 336 g/mol. The monoisotopic (exact) mass is 360 g/mol. The molecule has 5 nitrogen and oxygen atoms in total. The minimum absolute atomic E-state index is 0.147. The number of carbonyl (C=O) groups excluding carboxylic acids is 2. The Balaban J connectivity index is 2.00. The van der Waals surface area contributed by atoms with Crippen molar-refractivity contribution >= 4 is 23.2 Å². The van der Waals surface area contributed by atoms with Gasteiger partial charge in [-0.05, 0) is 19.3 Å². The number of hydrogen-bond acceptors (Lipinski definition) is 5. The zero-order valence-electron chi connectivity index (χ0n) is 15.0. The van der Waals surface area contributed by atoms with Crippen LogP contribution in [-0.4, -0.2) is 30.0 Å². The highest BCUT2D eigenvalue weighted by Crippen LogP contribution is 2.24. The van der Waals surface area contributed by atoms with Crippen LogP contribution in [-0.2, 0) is 20.7 Å². The normalized spacial score (nSPS) is 12.0. The fourth-order valence-corrected chi connectivity index (χ4v) is 3.28. The van der Waals surface area contributed by atoms with Crippen LogP contribution in [0.3, 0.4) is 0 Å². The van der Waals surface area contributed by atoms with E-state index in [1.54, 1.807) is 0 Å². The average molecular weight is 360 g/mol. The van der Waals surface area contributed by atoms with Gasteiger partial charge in [0.25, 0.3) is 0 Å². The van der Waals surface area contributed by atoms with E-state index in [1.165, 1.54) is 24.0 Å². The van der Waals surface area contributed by atoms with Crippen LogP contribution in [0.1, 0.15) is 31.5 Å². The van der Waals surface area contributed by atoms with Crippen molar-refractivity contribution in [3.63, 3.8) is 0 Å². The number of hydrogen-bond donors (Lipinski definition) is 1. The first-order valence-corrected chi connectivity index (χ1v) is 9.15. The molecule has 2 rings (SSSR count). The largest absolute Gasteiger partial charge is 0.467 e. The van der Waals surface area contributed by atoms with Crippen molar-refractivity contribution < 1.29 is 14.3 Å². The molecule has 1 unspecified atom stereocenters. The van der Waals surface area contributed by atoms with Gasteiger partial charge in [0.2, 0.25) is 5.91 Å². The lowest BCUT2D eigenvalue weighted by molar-refractivity contribution is -0.145. The molecule has 134 valence electrons. The van der Waals surface area contributed by atoms with Gasteiger partial charge in [-0.25, -0.2) is 9.78 Å². The van der Waals surface area contributed by atoms with Gasteiger partial charge in [0.15, 0.2) is 0 Å². The molecule has 0 radical (unpaired) electrons. The number of nitrogens with zero attached hydrogens (tertiary/aromatic N) is 1. The molecule has 6 heteroatoms. The molecule has 1 aromatic carbocycles. The van der Waals surface area contributed by atoms with Gasteiger partial charge in [-0.1, -0.05) is 43.7 Å². The maximum atomic E-state index is 12.3. The number of carbonyl (C=O) groups is 2. The van der Waals surface area contributed by atoms with Crippen LogP contribution in [0.2, 0.25) is 0 Å². The Bertz CT molecular complexity index is 723. The first-order valence-electron chi connectivity index (χ1n) is 8.27. The Morgan fingerprint density at radius 2 is 1.92 bits per heavy atom. The second-order valence-corrected chi connectivity index (χ2v) is 7.32. The third-order valence-electron chi connectivity index (χ3n) is 3.72. The van der Waals surface area contributed by atoms with Gasteiger partial charge in [0.1, 0.15) is 11.0 Å². The number of methoxy groups -OCH3 is 1. The summed E-state index contributed by atoms with van der Waals surface area (Å²) in [5.74, 6) is -0.366. The highest BCUT2D eigenvalue weighted by molar-refractivity contribution is 7.13. The smallest absolute Gasteiger partial charge is 0.328 e. The third kappa shape index (κ3) is 5.67. The summed E-state index contributed by atoms with van der Waals surface area (Å²) in [6.07, 6.45) is 0.693. The van der Waals surface area contributed by atoms with Crippen molar-refractivity contribution in [3.8, 4) is 10.6 Å². The van der Waals surface area contributed by atoms with Crippen LogP contribution >= 0.6 is 11.3 Å². The predicted molar refractivity (Wildman–Crippen MR) is 99.4 cm³/mol. The molecule has 0 fully saturated rings. The maximum Gasteiger partial charge on any atom is 0.328 e. The summed E-state index contributed by atoms with van der Waals surface area (Å²) >= 11 is 1.51. The van der Waals surface area contributed by atoms with E-state index < -0.39 is 12.0 Å². The summed E-state index contributed by atoms with van der Waals surface area (Å²) in [7, 11) is 1.33. The molecule has 1 aromatic heterocycles.